The van der Waals surface area contributed by atoms with Gasteiger partial charge < -0.3 is 5.11 Å². The van der Waals surface area contributed by atoms with Crippen LogP contribution >= 0.6 is 23.4 Å². The van der Waals surface area contributed by atoms with E-state index in [-0.39, 0.29) is 0 Å². The van der Waals surface area contributed by atoms with Crippen LogP contribution in [0, 0.1) is 0 Å². The Bertz CT molecular complexity index is 350. The minimum Gasteiger partial charge on any atom is -0.478 e. The van der Waals surface area contributed by atoms with E-state index in [9.17, 15) is 4.79 Å². The second-order valence-electron chi connectivity index (χ2n) is 2.48. The van der Waals surface area contributed by atoms with Gasteiger partial charge in [-0.05, 0) is 12.1 Å². The van der Waals surface area contributed by atoms with Crippen LogP contribution in [0.25, 0.3) is 0 Å². The molecule has 2 nitrogen and oxygen atoms in total. The Balaban J connectivity index is 2.46. The van der Waals surface area contributed by atoms with E-state index in [4.69, 9.17) is 16.7 Å². The molecule has 0 saturated heterocycles. The summed E-state index contributed by atoms with van der Waals surface area (Å²) >= 11 is 7.41. The summed E-state index contributed by atoms with van der Waals surface area (Å²) in [6.45, 7) is 0. The molecule has 0 heterocycles. The summed E-state index contributed by atoms with van der Waals surface area (Å²) in [5.74, 6) is -0.319. The summed E-state index contributed by atoms with van der Waals surface area (Å²) in [7, 11) is 0. The standard InChI is InChI=1S/C10H9ClO2S/c11-8-4-1-2-5-9(8)14-7-3-6-10(12)13/h1-6H,7H2,(H,12,13). The number of carboxylic acid groups (broad SMARTS) is 1. The number of rotatable bonds is 4. The van der Waals surface area contributed by atoms with Crippen LogP contribution in [-0.4, -0.2) is 16.8 Å². The summed E-state index contributed by atoms with van der Waals surface area (Å²) in [5.41, 5.74) is 0. The first-order chi connectivity index (χ1) is 6.70. The highest BCUT2D eigenvalue weighted by Gasteiger charge is 1.97. The molecule has 1 aromatic rings. The average Bonchev–Trinajstić information content (AvgIpc) is 2.15. The van der Waals surface area contributed by atoms with Gasteiger partial charge in [0, 0.05) is 16.7 Å². The lowest BCUT2D eigenvalue weighted by atomic mass is 10.4. The first kappa shape index (κ1) is 11.1. The van der Waals surface area contributed by atoms with Crippen molar-refractivity contribution in [1.82, 2.24) is 0 Å². The van der Waals surface area contributed by atoms with Gasteiger partial charge >= 0.3 is 5.97 Å². The van der Waals surface area contributed by atoms with E-state index in [1.807, 2.05) is 24.3 Å². The molecular formula is C10H9ClO2S. The predicted octanol–water partition coefficient (Wildman–Crippen LogP) is 3.07. The maximum atomic E-state index is 10.2. The van der Waals surface area contributed by atoms with E-state index in [1.54, 1.807) is 6.08 Å². The fourth-order valence-electron chi connectivity index (χ4n) is 0.849. The van der Waals surface area contributed by atoms with Gasteiger partial charge in [0.25, 0.3) is 0 Å². The third-order valence-corrected chi connectivity index (χ3v) is 2.90. The molecular weight excluding hydrogens is 220 g/mol. The Morgan fingerprint density at radius 2 is 2.21 bits per heavy atom. The fraction of sp³-hybridized carbons (Fsp3) is 0.100. The summed E-state index contributed by atoms with van der Waals surface area (Å²) < 4.78 is 0. The number of hydrogen-bond acceptors (Lipinski definition) is 2. The number of thioether (sulfide) groups is 1. The van der Waals surface area contributed by atoms with Crippen LogP contribution in [0.3, 0.4) is 0 Å². The minimum absolute atomic E-state index is 0.607. The molecule has 0 aliphatic heterocycles. The number of aliphatic carboxylic acids is 1. The third kappa shape index (κ3) is 3.85. The topological polar surface area (TPSA) is 37.3 Å². The van der Waals surface area contributed by atoms with E-state index in [0.29, 0.717) is 10.8 Å². The van der Waals surface area contributed by atoms with E-state index in [2.05, 4.69) is 0 Å². The van der Waals surface area contributed by atoms with Crippen LogP contribution in [-0.2, 0) is 4.79 Å². The molecule has 74 valence electrons. The Hall–Kier alpha value is -0.930. The summed E-state index contributed by atoms with van der Waals surface area (Å²) in [4.78, 5) is 11.1. The molecule has 1 aromatic carbocycles. The van der Waals surface area contributed by atoms with Crippen LogP contribution in [0.2, 0.25) is 5.02 Å². The van der Waals surface area contributed by atoms with Gasteiger partial charge in [-0.25, -0.2) is 4.79 Å². The quantitative estimate of drug-likeness (QED) is 0.636. The van der Waals surface area contributed by atoms with Gasteiger partial charge in [-0.2, -0.15) is 0 Å². The zero-order valence-corrected chi connectivity index (χ0v) is 8.89. The Morgan fingerprint density at radius 1 is 1.50 bits per heavy atom. The highest BCUT2D eigenvalue weighted by Crippen LogP contribution is 2.26. The first-order valence-electron chi connectivity index (χ1n) is 3.97. The molecule has 1 rings (SSSR count). The number of benzene rings is 1. The average molecular weight is 229 g/mol. The summed E-state index contributed by atoms with van der Waals surface area (Å²) in [6, 6.07) is 7.47. The molecule has 0 aliphatic rings. The van der Waals surface area contributed by atoms with Crippen molar-refractivity contribution in [1.29, 1.82) is 0 Å². The molecule has 0 spiro atoms. The van der Waals surface area contributed by atoms with Gasteiger partial charge in [0.2, 0.25) is 0 Å². The SMILES string of the molecule is O=C(O)C=CCSc1ccccc1Cl. The van der Waals surface area contributed by atoms with Crippen molar-refractivity contribution >= 4 is 29.3 Å². The number of carbonyl (C=O) groups is 1. The molecule has 0 saturated carbocycles. The number of halogens is 1. The highest BCUT2D eigenvalue weighted by atomic mass is 35.5. The van der Waals surface area contributed by atoms with E-state index < -0.39 is 5.97 Å². The lowest BCUT2D eigenvalue weighted by Gasteiger charge is -1.99. The zero-order chi connectivity index (χ0) is 10.4. The second-order valence-corrected chi connectivity index (χ2v) is 3.95. The molecule has 0 unspecified atom stereocenters. The smallest absolute Gasteiger partial charge is 0.328 e. The Kier molecular flexibility index (Phi) is 4.56. The van der Waals surface area contributed by atoms with Gasteiger partial charge in [0.1, 0.15) is 0 Å². The molecule has 14 heavy (non-hydrogen) atoms. The van der Waals surface area contributed by atoms with Gasteiger partial charge in [0.15, 0.2) is 0 Å². The van der Waals surface area contributed by atoms with Crippen molar-refractivity contribution in [2.45, 2.75) is 4.90 Å². The van der Waals surface area contributed by atoms with Gasteiger partial charge in [-0.1, -0.05) is 29.8 Å². The van der Waals surface area contributed by atoms with Gasteiger partial charge in [0.05, 0.1) is 5.02 Å². The lowest BCUT2D eigenvalue weighted by Crippen LogP contribution is -1.86. The van der Waals surface area contributed by atoms with Crippen LogP contribution in [0.15, 0.2) is 41.3 Å². The largest absolute Gasteiger partial charge is 0.478 e. The number of carboxylic acids is 1. The molecule has 0 radical (unpaired) electrons. The van der Waals surface area contributed by atoms with Crippen molar-refractivity contribution in [3.63, 3.8) is 0 Å². The molecule has 0 bridgehead atoms. The predicted molar refractivity (Wildman–Crippen MR) is 59.0 cm³/mol. The van der Waals surface area contributed by atoms with Gasteiger partial charge in [-0.15, -0.1) is 11.8 Å². The van der Waals surface area contributed by atoms with Gasteiger partial charge in [-0.3, -0.25) is 0 Å². The molecule has 1 N–H and O–H groups in total. The van der Waals surface area contributed by atoms with Crippen LogP contribution in [0.4, 0.5) is 0 Å². The fourth-order valence-corrected chi connectivity index (χ4v) is 1.90. The van der Waals surface area contributed by atoms with Crippen molar-refractivity contribution in [3.05, 3.63) is 41.4 Å². The monoisotopic (exact) mass is 228 g/mol. The summed E-state index contributed by atoms with van der Waals surface area (Å²) in [6.07, 6.45) is 2.72. The van der Waals surface area contributed by atoms with Crippen LogP contribution in [0.1, 0.15) is 0 Å². The molecule has 0 aliphatic carbocycles. The van der Waals surface area contributed by atoms with E-state index in [1.165, 1.54) is 11.8 Å². The van der Waals surface area contributed by atoms with E-state index in [0.717, 1.165) is 11.0 Å². The molecule has 0 fully saturated rings. The third-order valence-electron chi connectivity index (χ3n) is 1.43. The van der Waals surface area contributed by atoms with Crippen LogP contribution < -0.4 is 0 Å². The van der Waals surface area contributed by atoms with Crippen molar-refractivity contribution in [3.8, 4) is 0 Å². The lowest BCUT2D eigenvalue weighted by molar-refractivity contribution is -0.131. The zero-order valence-electron chi connectivity index (χ0n) is 7.31. The normalized spacial score (nSPS) is 10.6. The second kappa shape index (κ2) is 5.73. The van der Waals surface area contributed by atoms with Crippen molar-refractivity contribution in [2.24, 2.45) is 0 Å². The Labute approximate surface area is 91.6 Å². The van der Waals surface area contributed by atoms with Crippen molar-refractivity contribution < 1.29 is 9.90 Å². The van der Waals surface area contributed by atoms with E-state index >= 15 is 0 Å². The molecule has 0 atom stereocenters. The molecule has 0 aromatic heterocycles. The minimum atomic E-state index is -0.926. The first-order valence-corrected chi connectivity index (χ1v) is 5.33. The highest BCUT2D eigenvalue weighted by molar-refractivity contribution is 7.99. The number of hydrogen-bond donors (Lipinski definition) is 1. The molecule has 4 heteroatoms. The Morgan fingerprint density at radius 3 is 2.86 bits per heavy atom. The van der Waals surface area contributed by atoms with Crippen LogP contribution in [0.5, 0.6) is 0 Å². The van der Waals surface area contributed by atoms with Crippen molar-refractivity contribution in [2.75, 3.05) is 5.75 Å². The maximum absolute atomic E-state index is 10.2. The molecule has 0 amide bonds. The maximum Gasteiger partial charge on any atom is 0.328 e. The summed E-state index contributed by atoms with van der Waals surface area (Å²) in [5, 5.41) is 9.04.